The predicted octanol–water partition coefficient (Wildman–Crippen LogP) is 4.99. The fourth-order valence-electron chi connectivity index (χ4n) is 4.35. The summed E-state index contributed by atoms with van der Waals surface area (Å²) in [5.41, 5.74) is -5.97. The number of Topliss-reactive ketones (excluding diaryl/α,β-unsaturated/α-hetero) is 1. The van der Waals surface area contributed by atoms with Crippen molar-refractivity contribution in [1.82, 2.24) is 4.57 Å². The Balaban J connectivity index is 1.67. The number of rotatable bonds is 9. The molecule has 0 bridgehead atoms. The summed E-state index contributed by atoms with van der Waals surface area (Å²) < 4.78 is 144. The molecule has 5 rings (SSSR count). The molecule has 3 aromatic rings. The number of hydrogen-bond acceptors (Lipinski definition) is 5. The molecule has 2 heterocycles. The van der Waals surface area contributed by atoms with Gasteiger partial charge in [-0.25, -0.2) is 4.39 Å². The number of fused-ring (bicyclic) bond motifs is 2. The lowest BCUT2D eigenvalue weighted by molar-refractivity contribution is -0.286. The normalized spacial score (nSPS) is 25.9. The second kappa shape index (κ2) is 8.77. The molecule has 9 heteroatoms. The summed E-state index contributed by atoms with van der Waals surface area (Å²) in [6.45, 7) is -6.16. The van der Waals surface area contributed by atoms with Gasteiger partial charge in [0.15, 0.2) is 11.5 Å². The van der Waals surface area contributed by atoms with Crippen molar-refractivity contribution in [2.24, 2.45) is 0 Å². The SMILES string of the molecule is [2H]c1c([2H])c(C2(C(=O)Cc3cc4cc(C(C)(C([2H])([2H])[2H])C([2H])([2H])C)n(C([2H])([2H])[C@]([2H])(O)CO)c4cc3F)CC2)c([2H])c2c1OC(F)(F)O2. The van der Waals surface area contributed by atoms with Crippen LogP contribution in [0.5, 0.6) is 11.5 Å². The topological polar surface area (TPSA) is 80.9 Å². The molecule has 1 aliphatic heterocycles. The van der Waals surface area contributed by atoms with Gasteiger partial charge in [-0.3, -0.25) is 4.79 Å². The number of alkyl halides is 2. The van der Waals surface area contributed by atoms with Gasteiger partial charge in [0.25, 0.3) is 0 Å². The van der Waals surface area contributed by atoms with E-state index in [0.29, 0.717) is 10.6 Å². The van der Waals surface area contributed by atoms with Gasteiger partial charge in [-0.1, -0.05) is 26.7 Å². The van der Waals surface area contributed by atoms with E-state index in [1.165, 1.54) is 0 Å². The molecular formula is C28H30F3NO5. The van der Waals surface area contributed by atoms with Crippen LogP contribution in [0.3, 0.4) is 0 Å². The molecule has 2 aromatic carbocycles. The van der Waals surface area contributed by atoms with Gasteiger partial charge < -0.3 is 24.3 Å². The minimum atomic E-state index is -4.21. The third kappa shape index (κ3) is 4.48. The van der Waals surface area contributed by atoms with E-state index in [1.54, 1.807) is 0 Å². The van der Waals surface area contributed by atoms with Crippen molar-refractivity contribution < 1.29 is 52.7 Å². The number of aliphatic hydroxyl groups is 2. The summed E-state index contributed by atoms with van der Waals surface area (Å²) in [4.78, 5) is 13.8. The fourth-order valence-corrected chi connectivity index (χ4v) is 4.35. The minimum Gasteiger partial charge on any atom is -0.395 e. The molecular weight excluding hydrogens is 487 g/mol. The number of carbonyl (C=O) groups is 1. The van der Waals surface area contributed by atoms with E-state index in [-0.39, 0.29) is 29.4 Å². The van der Waals surface area contributed by atoms with Crippen LogP contribution in [0, 0.1) is 5.82 Å². The molecule has 2 aliphatic rings. The second-order valence-electron chi connectivity index (χ2n) is 9.22. The molecule has 2 atom stereocenters. The van der Waals surface area contributed by atoms with Crippen molar-refractivity contribution in [3.8, 4) is 11.5 Å². The van der Waals surface area contributed by atoms with E-state index in [9.17, 15) is 23.8 Å². The highest BCUT2D eigenvalue weighted by Gasteiger charge is 2.52. The highest BCUT2D eigenvalue weighted by atomic mass is 19.3. The summed E-state index contributed by atoms with van der Waals surface area (Å²) in [6.07, 6.45) is -10.8. The monoisotopic (exact) mass is 528 g/mol. The van der Waals surface area contributed by atoms with E-state index in [4.69, 9.17) is 15.1 Å². The van der Waals surface area contributed by atoms with Gasteiger partial charge in [0.2, 0.25) is 0 Å². The summed E-state index contributed by atoms with van der Waals surface area (Å²) in [5.74, 6) is -3.57. The molecule has 1 saturated carbocycles. The Kier molecular flexibility index (Phi) is 3.65. The van der Waals surface area contributed by atoms with E-state index >= 15 is 4.39 Å². The van der Waals surface area contributed by atoms with E-state index in [2.05, 4.69) is 9.47 Å². The van der Waals surface area contributed by atoms with E-state index < -0.39 is 108 Å². The second-order valence-corrected chi connectivity index (χ2v) is 9.22. The van der Waals surface area contributed by atoms with E-state index in [1.807, 2.05) is 0 Å². The van der Waals surface area contributed by atoms with Crippen LogP contribution in [0.2, 0.25) is 0 Å². The molecule has 37 heavy (non-hydrogen) atoms. The number of nitrogens with zero attached hydrogens (tertiary/aromatic N) is 1. The zero-order valence-electron chi connectivity index (χ0n) is 30.8. The molecule has 0 radical (unpaired) electrons. The van der Waals surface area contributed by atoms with Crippen LogP contribution in [0.4, 0.5) is 13.2 Å². The lowest BCUT2D eigenvalue weighted by Gasteiger charge is -2.26. The van der Waals surface area contributed by atoms with Gasteiger partial charge in [0, 0.05) is 29.8 Å². The van der Waals surface area contributed by atoms with Crippen molar-refractivity contribution in [1.29, 1.82) is 0 Å². The highest BCUT2D eigenvalue weighted by molar-refractivity contribution is 5.95. The van der Waals surface area contributed by atoms with Gasteiger partial charge in [-0.05, 0) is 60.6 Å². The van der Waals surface area contributed by atoms with E-state index in [0.717, 1.165) is 26.0 Å². The molecule has 1 fully saturated rings. The Morgan fingerprint density at radius 3 is 2.70 bits per heavy atom. The number of carbonyl (C=O) groups excluding carboxylic acids is 1. The first kappa shape index (κ1) is 15.4. The van der Waals surface area contributed by atoms with Gasteiger partial charge in [-0.15, -0.1) is 8.78 Å². The molecule has 0 amide bonds. The summed E-state index contributed by atoms with van der Waals surface area (Å²) in [6, 6.07) is 0.458. The van der Waals surface area contributed by atoms with Gasteiger partial charge in [0.05, 0.1) is 38.3 Å². The van der Waals surface area contributed by atoms with Crippen LogP contribution in [0.25, 0.3) is 10.9 Å². The Bertz CT molecular complexity index is 1840. The maximum atomic E-state index is 15.8. The lowest BCUT2D eigenvalue weighted by atomic mass is 9.86. The molecule has 0 saturated heterocycles. The molecule has 1 unspecified atom stereocenters. The van der Waals surface area contributed by atoms with Gasteiger partial charge in [0.1, 0.15) is 11.6 Å². The smallest absolute Gasteiger partial charge is 0.395 e. The number of halogens is 3. The van der Waals surface area contributed by atoms with Crippen LogP contribution in [-0.4, -0.2) is 39.5 Å². The number of aromatic nitrogens is 1. The number of ketones is 1. The average molecular weight is 529 g/mol. The molecule has 6 nitrogen and oxygen atoms in total. The number of hydrogen-bond donors (Lipinski definition) is 2. The number of ether oxygens (including phenoxy) is 2. The number of benzene rings is 2. The molecule has 1 aliphatic carbocycles. The number of aliphatic hydroxyl groups excluding tert-OH is 1. The van der Waals surface area contributed by atoms with Crippen LogP contribution in [0.1, 0.15) is 71.8 Å². The van der Waals surface area contributed by atoms with Crippen LogP contribution in [0.15, 0.2) is 36.3 Å². The largest absolute Gasteiger partial charge is 0.586 e. The first-order valence-electron chi connectivity index (χ1n) is 16.8. The maximum absolute atomic E-state index is 15.8. The highest BCUT2D eigenvalue weighted by Crippen LogP contribution is 2.52. The first-order chi connectivity index (χ1) is 21.7. The Morgan fingerprint density at radius 1 is 1.32 bits per heavy atom. The van der Waals surface area contributed by atoms with Gasteiger partial charge in [-0.2, -0.15) is 0 Å². The van der Waals surface area contributed by atoms with Crippen molar-refractivity contribution in [2.45, 2.75) is 76.0 Å². The summed E-state index contributed by atoms with van der Waals surface area (Å²) in [5, 5.41) is 20.0. The summed E-state index contributed by atoms with van der Waals surface area (Å²) in [7, 11) is 0. The predicted molar refractivity (Wildman–Crippen MR) is 131 cm³/mol. The zero-order chi connectivity index (χ0) is 36.4. The fraction of sp³-hybridized carbons (Fsp3) is 0.464. The quantitative estimate of drug-likeness (QED) is 0.409. The molecule has 198 valence electrons. The van der Waals surface area contributed by atoms with Crippen molar-refractivity contribution >= 4 is 16.7 Å². The molecule has 0 spiro atoms. The molecule has 1 aromatic heterocycles. The molecule has 2 N–H and O–H groups in total. The summed E-state index contributed by atoms with van der Waals surface area (Å²) >= 11 is 0. The Hall–Kier alpha value is -3.04. The first-order valence-corrected chi connectivity index (χ1v) is 11.3. The van der Waals surface area contributed by atoms with Crippen molar-refractivity contribution in [3.05, 3.63) is 59.0 Å². The van der Waals surface area contributed by atoms with Gasteiger partial charge >= 0.3 is 6.29 Å². The maximum Gasteiger partial charge on any atom is 0.586 e. The van der Waals surface area contributed by atoms with Crippen molar-refractivity contribution in [3.63, 3.8) is 0 Å². The van der Waals surface area contributed by atoms with Crippen LogP contribution < -0.4 is 9.47 Å². The Labute approximate surface area is 228 Å². The standard InChI is InChI=1S/C28H30F3NO5/c1-4-26(2,3)24-10-17-9-16(20(29)13-21(17)32(24)14-19(34)15-33)11-25(35)27(7-8-27)18-5-6-22-23(12-18)37-28(30,31)36-22/h5-6,9-10,12-13,19,33-34H,4,7-8,11,14-15H2,1-3H3/t19-/m0/s1/i2D3,4D2,5D,6D,12D,14D2,19D/t19-,26?. The third-order valence-corrected chi connectivity index (χ3v) is 6.67. The average Bonchev–Trinajstić information content (AvgIpc) is 3.55. The third-order valence-electron chi connectivity index (χ3n) is 6.67. The minimum absolute atomic E-state index is 0.0232. The van der Waals surface area contributed by atoms with Crippen LogP contribution in [-0.2, 0) is 28.5 Å². The lowest BCUT2D eigenvalue weighted by Crippen LogP contribution is -2.26. The Morgan fingerprint density at radius 2 is 2.05 bits per heavy atom. The zero-order valence-corrected chi connectivity index (χ0v) is 19.8. The van der Waals surface area contributed by atoms with Crippen molar-refractivity contribution in [2.75, 3.05) is 6.61 Å². The van der Waals surface area contributed by atoms with Crippen LogP contribution >= 0.6 is 0 Å².